The van der Waals surface area contributed by atoms with Crippen molar-refractivity contribution in [3.63, 3.8) is 0 Å². The Balaban J connectivity index is 2.19. The van der Waals surface area contributed by atoms with E-state index in [9.17, 15) is 5.11 Å². The number of ether oxygens (including phenoxy) is 1. The van der Waals surface area contributed by atoms with E-state index in [1.807, 2.05) is 24.4 Å². The number of halogens is 1. The predicted molar refractivity (Wildman–Crippen MR) is 71.2 cm³/mol. The van der Waals surface area contributed by atoms with Crippen LogP contribution in [0.5, 0.6) is 5.75 Å². The summed E-state index contributed by atoms with van der Waals surface area (Å²) in [4.78, 5) is 4.16. The molecule has 0 radical (unpaired) electrons. The lowest BCUT2D eigenvalue weighted by atomic mass is 10.1. The highest BCUT2D eigenvalue weighted by Gasteiger charge is 2.09. The second-order valence-electron chi connectivity index (χ2n) is 3.58. The third-order valence-corrected chi connectivity index (χ3v) is 3.52. The molecule has 1 aromatic carbocycles. The van der Waals surface area contributed by atoms with E-state index in [1.54, 1.807) is 17.5 Å². The largest absolute Gasteiger partial charge is 0.486 e. The van der Waals surface area contributed by atoms with Crippen LogP contribution in [0.4, 0.5) is 0 Å². The summed E-state index contributed by atoms with van der Waals surface area (Å²) in [6, 6.07) is 3.83. The van der Waals surface area contributed by atoms with Crippen molar-refractivity contribution in [1.29, 1.82) is 0 Å². The van der Waals surface area contributed by atoms with E-state index in [2.05, 4.69) is 20.9 Å². The average molecular weight is 314 g/mol. The van der Waals surface area contributed by atoms with Crippen LogP contribution in [-0.4, -0.2) is 10.1 Å². The summed E-state index contributed by atoms with van der Waals surface area (Å²) in [7, 11) is 0. The Bertz CT molecular complexity index is 499. The Kier molecular flexibility index (Phi) is 4.15. The lowest BCUT2D eigenvalue weighted by Crippen LogP contribution is -2.00. The minimum Gasteiger partial charge on any atom is -0.486 e. The van der Waals surface area contributed by atoms with Gasteiger partial charge in [0.1, 0.15) is 17.4 Å². The van der Waals surface area contributed by atoms with E-state index in [4.69, 9.17) is 4.74 Å². The normalized spacial score (nSPS) is 10.5. The van der Waals surface area contributed by atoms with Gasteiger partial charge in [0, 0.05) is 21.6 Å². The first kappa shape index (κ1) is 12.5. The number of aliphatic hydroxyl groups excluding tert-OH is 1. The van der Waals surface area contributed by atoms with Crippen LogP contribution in [0.2, 0.25) is 0 Å². The zero-order chi connectivity index (χ0) is 12.3. The predicted octanol–water partition coefficient (Wildman–Crippen LogP) is 3.29. The molecule has 0 atom stereocenters. The maximum atomic E-state index is 9.31. The molecule has 2 aromatic rings. The number of aliphatic hydroxyl groups is 1. The van der Waals surface area contributed by atoms with Gasteiger partial charge in [-0.3, -0.25) is 0 Å². The maximum Gasteiger partial charge on any atom is 0.140 e. The molecule has 0 amide bonds. The number of aryl methyl sites for hydroxylation is 1. The molecule has 0 aliphatic carbocycles. The second-order valence-corrected chi connectivity index (χ2v) is 5.48. The van der Waals surface area contributed by atoms with Crippen LogP contribution in [0.1, 0.15) is 16.1 Å². The molecule has 1 N–H and O–H groups in total. The first-order valence-electron chi connectivity index (χ1n) is 5.11. The van der Waals surface area contributed by atoms with Gasteiger partial charge in [-0.2, -0.15) is 0 Å². The van der Waals surface area contributed by atoms with E-state index >= 15 is 0 Å². The van der Waals surface area contributed by atoms with Crippen LogP contribution in [-0.2, 0) is 13.2 Å². The lowest BCUT2D eigenvalue weighted by Gasteiger charge is -2.12. The van der Waals surface area contributed by atoms with Gasteiger partial charge in [-0.15, -0.1) is 11.3 Å². The molecule has 90 valence electrons. The molecule has 0 unspecified atom stereocenters. The van der Waals surface area contributed by atoms with E-state index in [-0.39, 0.29) is 6.61 Å². The third kappa shape index (κ3) is 3.06. The molecule has 0 spiro atoms. The van der Waals surface area contributed by atoms with Gasteiger partial charge < -0.3 is 9.84 Å². The number of rotatable bonds is 4. The number of hydrogen-bond donors (Lipinski definition) is 1. The number of nitrogens with zero attached hydrogens (tertiary/aromatic N) is 1. The molecule has 3 nitrogen and oxygen atoms in total. The van der Waals surface area contributed by atoms with Gasteiger partial charge in [-0.1, -0.05) is 15.9 Å². The molecule has 0 aliphatic heterocycles. The molecule has 1 aromatic heterocycles. The molecule has 0 bridgehead atoms. The fourth-order valence-electron chi connectivity index (χ4n) is 1.58. The summed E-state index contributed by atoms with van der Waals surface area (Å²) in [5.74, 6) is 0.742. The standard InChI is InChI=1S/C12H12BrNO2S/c1-8-4-10(13)5-9(6-15)12(8)16-7-11-14-2-3-17-11/h2-5,15H,6-7H2,1H3. The number of benzene rings is 1. The number of aromatic nitrogens is 1. The van der Waals surface area contributed by atoms with Crippen LogP contribution in [0.25, 0.3) is 0 Å². The van der Waals surface area contributed by atoms with Crippen LogP contribution >= 0.6 is 27.3 Å². The molecule has 0 saturated carbocycles. The topological polar surface area (TPSA) is 42.4 Å². The zero-order valence-electron chi connectivity index (χ0n) is 9.31. The van der Waals surface area contributed by atoms with Gasteiger partial charge in [0.25, 0.3) is 0 Å². The Labute approximate surface area is 112 Å². The summed E-state index contributed by atoms with van der Waals surface area (Å²) in [5, 5.41) is 12.2. The summed E-state index contributed by atoms with van der Waals surface area (Å²) in [6.45, 7) is 2.36. The molecule has 17 heavy (non-hydrogen) atoms. The fraction of sp³-hybridized carbons (Fsp3) is 0.250. The van der Waals surface area contributed by atoms with Crippen molar-refractivity contribution < 1.29 is 9.84 Å². The number of hydrogen-bond acceptors (Lipinski definition) is 4. The molecule has 5 heteroatoms. The summed E-state index contributed by atoms with van der Waals surface area (Å²) >= 11 is 4.96. The van der Waals surface area contributed by atoms with Crippen molar-refractivity contribution in [3.8, 4) is 5.75 Å². The van der Waals surface area contributed by atoms with Gasteiger partial charge in [0.05, 0.1) is 6.61 Å². The Morgan fingerprint density at radius 3 is 2.94 bits per heavy atom. The first-order chi connectivity index (χ1) is 8.20. The van der Waals surface area contributed by atoms with E-state index in [0.29, 0.717) is 6.61 Å². The Morgan fingerprint density at radius 1 is 1.47 bits per heavy atom. The van der Waals surface area contributed by atoms with Crippen molar-refractivity contribution in [3.05, 3.63) is 44.3 Å². The van der Waals surface area contributed by atoms with Crippen molar-refractivity contribution in [1.82, 2.24) is 4.98 Å². The average Bonchev–Trinajstić information content (AvgIpc) is 2.79. The van der Waals surface area contributed by atoms with Crippen LogP contribution < -0.4 is 4.74 Å². The van der Waals surface area contributed by atoms with Crippen molar-refractivity contribution in [2.75, 3.05) is 0 Å². The van der Waals surface area contributed by atoms with Crippen LogP contribution in [0, 0.1) is 6.92 Å². The monoisotopic (exact) mass is 313 g/mol. The van der Waals surface area contributed by atoms with E-state index in [0.717, 1.165) is 26.4 Å². The van der Waals surface area contributed by atoms with Crippen LogP contribution in [0.15, 0.2) is 28.2 Å². The quantitative estimate of drug-likeness (QED) is 0.942. The van der Waals surface area contributed by atoms with Gasteiger partial charge in [0.2, 0.25) is 0 Å². The smallest absolute Gasteiger partial charge is 0.140 e. The van der Waals surface area contributed by atoms with Crippen molar-refractivity contribution in [2.45, 2.75) is 20.1 Å². The molecule has 0 saturated heterocycles. The first-order valence-corrected chi connectivity index (χ1v) is 6.79. The highest BCUT2D eigenvalue weighted by atomic mass is 79.9. The SMILES string of the molecule is Cc1cc(Br)cc(CO)c1OCc1nccs1. The molecule has 1 heterocycles. The minimum atomic E-state index is -0.0342. The highest BCUT2D eigenvalue weighted by Crippen LogP contribution is 2.28. The molecule has 2 rings (SSSR count). The molecular formula is C12H12BrNO2S. The van der Waals surface area contributed by atoms with Crippen molar-refractivity contribution >= 4 is 27.3 Å². The molecule has 0 fully saturated rings. The van der Waals surface area contributed by atoms with Gasteiger partial charge in [0.15, 0.2) is 0 Å². The van der Waals surface area contributed by atoms with Crippen molar-refractivity contribution in [2.24, 2.45) is 0 Å². The van der Waals surface area contributed by atoms with Gasteiger partial charge in [-0.05, 0) is 24.6 Å². The fourth-order valence-corrected chi connectivity index (χ4v) is 2.73. The third-order valence-electron chi connectivity index (χ3n) is 2.31. The summed E-state index contributed by atoms with van der Waals surface area (Å²) in [5.41, 5.74) is 1.79. The highest BCUT2D eigenvalue weighted by molar-refractivity contribution is 9.10. The zero-order valence-corrected chi connectivity index (χ0v) is 11.7. The number of thiazole rings is 1. The van der Waals surface area contributed by atoms with E-state index < -0.39 is 0 Å². The second kappa shape index (κ2) is 5.62. The van der Waals surface area contributed by atoms with E-state index in [1.165, 1.54) is 0 Å². The Hall–Kier alpha value is -0.910. The van der Waals surface area contributed by atoms with Gasteiger partial charge >= 0.3 is 0 Å². The van der Waals surface area contributed by atoms with Gasteiger partial charge in [-0.25, -0.2) is 4.98 Å². The Morgan fingerprint density at radius 2 is 2.29 bits per heavy atom. The minimum absolute atomic E-state index is 0.0342. The maximum absolute atomic E-state index is 9.31. The molecular weight excluding hydrogens is 302 g/mol. The lowest BCUT2D eigenvalue weighted by molar-refractivity contribution is 0.257. The summed E-state index contributed by atoms with van der Waals surface area (Å²) in [6.07, 6.45) is 1.75. The van der Waals surface area contributed by atoms with Crippen LogP contribution in [0.3, 0.4) is 0 Å². The summed E-state index contributed by atoms with van der Waals surface area (Å²) < 4.78 is 6.67. The molecule has 0 aliphatic rings.